The zero-order valence-electron chi connectivity index (χ0n) is 6.94. The van der Waals surface area contributed by atoms with Crippen LogP contribution in [0.3, 0.4) is 0 Å². The highest BCUT2D eigenvalue weighted by atomic mass is 15.2. The van der Waals surface area contributed by atoms with Gasteiger partial charge in [-0.2, -0.15) is 0 Å². The molecule has 0 aromatic heterocycles. The van der Waals surface area contributed by atoms with E-state index in [1.807, 2.05) is 19.1 Å². The van der Waals surface area contributed by atoms with Gasteiger partial charge in [0.25, 0.3) is 0 Å². The van der Waals surface area contributed by atoms with Crippen molar-refractivity contribution in [3.05, 3.63) is 24.4 Å². The van der Waals surface area contributed by atoms with Crippen molar-refractivity contribution in [2.24, 2.45) is 11.3 Å². The van der Waals surface area contributed by atoms with Gasteiger partial charge < -0.3 is 5.43 Å². The molecule has 0 radical (unpaired) electrons. The van der Waals surface area contributed by atoms with Gasteiger partial charge in [0.05, 0.1) is 0 Å². The van der Waals surface area contributed by atoms with E-state index in [1.54, 1.807) is 0 Å². The molecule has 0 bridgehead atoms. The molecule has 0 aromatic rings. The standard InChI is InChI=1S/C8H16N2/c1-5-8(3,4)6-7(2)10-9/h5-6,10H,1,9H2,2-4H3/b7-6-. The first-order valence-electron chi connectivity index (χ1n) is 3.31. The Labute approximate surface area is 62.8 Å². The number of hydrogen-bond donors (Lipinski definition) is 2. The van der Waals surface area contributed by atoms with Crippen LogP contribution in [-0.4, -0.2) is 0 Å². The molecule has 0 aliphatic heterocycles. The lowest BCUT2D eigenvalue weighted by Crippen LogP contribution is -2.20. The van der Waals surface area contributed by atoms with Gasteiger partial charge in [0.2, 0.25) is 0 Å². The Balaban J connectivity index is 4.22. The molecular weight excluding hydrogens is 124 g/mol. The summed E-state index contributed by atoms with van der Waals surface area (Å²) in [5.41, 5.74) is 3.56. The minimum Gasteiger partial charge on any atom is -0.329 e. The summed E-state index contributed by atoms with van der Waals surface area (Å²) in [6.07, 6.45) is 3.91. The summed E-state index contributed by atoms with van der Waals surface area (Å²) in [4.78, 5) is 0. The lowest BCUT2D eigenvalue weighted by molar-refractivity contribution is 0.614. The van der Waals surface area contributed by atoms with Crippen LogP contribution >= 0.6 is 0 Å². The Morgan fingerprint density at radius 3 is 2.40 bits per heavy atom. The average molecular weight is 140 g/mol. The fourth-order valence-electron chi connectivity index (χ4n) is 0.659. The fourth-order valence-corrected chi connectivity index (χ4v) is 0.659. The molecule has 58 valence electrons. The van der Waals surface area contributed by atoms with Crippen molar-refractivity contribution in [1.29, 1.82) is 0 Å². The molecule has 2 heteroatoms. The van der Waals surface area contributed by atoms with Crippen LogP contribution in [0.1, 0.15) is 20.8 Å². The average Bonchev–Trinajstić information content (AvgIpc) is 1.87. The van der Waals surface area contributed by atoms with Crippen LogP contribution < -0.4 is 11.3 Å². The molecule has 0 aliphatic carbocycles. The first kappa shape index (κ1) is 9.24. The SMILES string of the molecule is C=CC(C)(C)/C=C(/C)NN. The van der Waals surface area contributed by atoms with Crippen LogP contribution in [0.4, 0.5) is 0 Å². The molecular formula is C8H16N2. The molecule has 0 amide bonds. The lowest BCUT2D eigenvalue weighted by atomic mass is 9.93. The maximum Gasteiger partial charge on any atom is 0.0197 e. The van der Waals surface area contributed by atoms with Gasteiger partial charge in [-0.15, -0.1) is 6.58 Å². The summed E-state index contributed by atoms with van der Waals surface area (Å²) in [6.45, 7) is 9.77. The van der Waals surface area contributed by atoms with Gasteiger partial charge in [-0.3, -0.25) is 5.84 Å². The van der Waals surface area contributed by atoms with E-state index in [4.69, 9.17) is 5.84 Å². The zero-order valence-corrected chi connectivity index (χ0v) is 6.94. The predicted octanol–water partition coefficient (Wildman–Crippen LogP) is 1.57. The zero-order chi connectivity index (χ0) is 8.20. The summed E-state index contributed by atoms with van der Waals surface area (Å²) in [7, 11) is 0. The van der Waals surface area contributed by atoms with Crippen LogP contribution in [0.2, 0.25) is 0 Å². The van der Waals surface area contributed by atoms with Gasteiger partial charge in [-0.05, 0) is 6.92 Å². The smallest absolute Gasteiger partial charge is 0.0197 e. The van der Waals surface area contributed by atoms with E-state index in [0.29, 0.717) is 0 Å². The molecule has 0 fully saturated rings. The van der Waals surface area contributed by atoms with Gasteiger partial charge in [0.1, 0.15) is 0 Å². The van der Waals surface area contributed by atoms with E-state index in [1.165, 1.54) is 0 Å². The second-order valence-corrected chi connectivity index (χ2v) is 3.00. The van der Waals surface area contributed by atoms with Gasteiger partial charge in [-0.25, -0.2) is 0 Å². The topological polar surface area (TPSA) is 38.0 Å². The summed E-state index contributed by atoms with van der Waals surface area (Å²) in [5, 5.41) is 0. The fraction of sp³-hybridized carbons (Fsp3) is 0.500. The molecule has 0 heterocycles. The highest BCUT2D eigenvalue weighted by Gasteiger charge is 2.07. The minimum absolute atomic E-state index is 0.0243. The number of rotatable bonds is 3. The predicted molar refractivity (Wildman–Crippen MR) is 45.1 cm³/mol. The Hall–Kier alpha value is -0.760. The second-order valence-electron chi connectivity index (χ2n) is 3.00. The summed E-state index contributed by atoms with van der Waals surface area (Å²) in [6, 6.07) is 0. The van der Waals surface area contributed by atoms with Crippen LogP contribution in [-0.2, 0) is 0 Å². The molecule has 3 N–H and O–H groups in total. The normalized spacial score (nSPS) is 13.0. The molecule has 2 nitrogen and oxygen atoms in total. The van der Waals surface area contributed by atoms with E-state index in [9.17, 15) is 0 Å². The van der Waals surface area contributed by atoms with Crippen molar-refractivity contribution in [2.75, 3.05) is 0 Å². The largest absolute Gasteiger partial charge is 0.329 e. The Bertz CT molecular complexity index is 145. The molecule has 0 atom stereocenters. The summed E-state index contributed by atoms with van der Waals surface area (Å²) < 4.78 is 0. The third kappa shape index (κ3) is 3.30. The van der Waals surface area contributed by atoms with Crippen LogP contribution in [0.25, 0.3) is 0 Å². The number of hydrazine groups is 1. The Morgan fingerprint density at radius 1 is 1.60 bits per heavy atom. The molecule has 0 saturated heterocycles. The molecule has 0 aliphatic rings. The van der Waals surface area contributed by atoms with Crippen LogP contribution in [0, 0.1) is 5.41 Å². The van der Waals surface area contributed by atoms with Gasteiger partial charge in [-0.1, -0.05) is 26.0 Å². The molecule has 0 unspecified atom stereocenters. The van der Waals surface area contributed by atoms with Crippen molar-refractivity contribution in [3.63, 3.8) is 0 Å². The number of hydrogen-bond acceptors (Lipinski definition) is 2. The quantitative estimate of drug-likeness (QED) is 0.355. The minimum atomic E-state index is 0.0243. The van der Waals surface area contributed by atoms with Crippen LogP contribution in [0.5, 0.6) is 0 Å². The Morgan fingerprint density at radius 2 is 2.10 bits per heavy atom. The maximum absolute atomic E-state index is 5.18. The summed E-state index contributed by atoms with van der Waals surface area (Å²) in [5.74, 6) is 5.18. The maximum atomic E-state index is 5.18. The summed E-state index contributed by atoms with van der Waals surface area (Å²) >= 11 is 0. The number of nitrogens with two attached hydrogens (primary N) is 1. The van der Waals surface area contributed by atoms with Crippen molar-refractivity contribution in [1.82, 2.24) is 5.43 Å². The van der Waals surface area contributed by atoms with Gasteiger partial charge >= 0.3 is 0 Å². The van der Waals surface area contributed by atoms with Crippen LogP contribution in [0.15, 0.2) is 24.4 Å². The van der Waals surface area contributed by atoms with E-state index in [0.717, 1.165) is 5.70 Å². The Kier molecular flexibility index (Phi) is 3.16. The highest BCUT2D eigenvalue weighted by molar-refractivity contribution is 5.09. The first-order chi connectivity index (χ1) is 4.52. The molecule has 0 aromatic carbocycles. The number of nitrogens with one attached hydrogen (secondary N) is 1. The van der Waals surface area contributed by atoms with E-state index in [-0.39, 0.29) is 5.41 Å². The van der Waals surface area contributed by atoms with Crippen molar-refractivity contribution >= 4 is 0 Å². The van der Waals surface area contributed by atoms with E-state index >= 15 is 0 Å². The molecule has 0 rings (SSSR count). The third-order valence-corrected chi connectivity index (χ3v) is 1.34. The monoisotopic (exact) mass is 140 g/mol. The number of allylic oxidation sites excluding steroid dienone is 3. The second kappa shape index (κ2) is 3.42. The van der Waals surface area contributed by atoms with Crippen molar-refractivity contribution in [2.45, 2.75) is 20.8 Å². The molecule has 10 heavy (non-hydrogen) atoms. The van der Waals surface area contributed by atoms with Gasteiger partial charge in [0.15, 0.2) is 0 Å². The molecule has 0 saturated carbocycles. The first-order valence-corrected chi connectivity index (χ1v) is 3.31. The lowest BCUT2D eigenvalue weighted by Gasteiger charge is -2.15. The van der Waals surface area contributed by atoms with Crippen molar-refractivity contribution < 1.29 is 0 Å². The third-order valence-electron chi connectivity index (χ3n) is 1.34. The van der Waals surface area contributed by atoms with Gasteiger partial charge in [0, 0.05) is 11.1 Å². The van der Waals surface area contributed by atoms with E-state index < -0.39 is 0 Å². The highest BCUT2D eigenvalue weighted by Crippen LogP contribution is 2.18. The molecule has 0 spiro atoms. The van der Waals surface area contributed by atoms with Crippen molar-refractivity contribution in [3.8, 4) is 0 Å². The van der Waals surface area contributed by atoms with E-state index in [2.05, 4.69) is 25.9 Å².